The quantitative estimate of drug-likeness (QED) is 0.880. The molecule has 0 atom stereocenters. The van der Waals surface area contributed by atoms with Crippen molar-refractivity contribution in [2.75, 3.05) is 50.1 Å². The molecule has 27 heavy (non-hydrogen) atoms. The first-order chi connectivity index (χ1) is 12.9. The van der Waals surface area contributed by atoms with Gasteiger partial charge in [-0.1, -0.05) is 18.2 Å². The van der Waals surface area contributed by atoms with Gasteiger partial charge in [0.1, 0.15) is 5.75 Å². The average Bonchev–Trinajstić information content (AvgIpc) is 2.62. The van der Waals surface area contributed by atoms with E-state index in [2.05, 4.69) is 35.2 Å². The van der Waals surface area contributed by atoms with E-state index >= 15 is 0 Å². The first-order valence-corrected chi connectivity index (χ1v) is 9.47. The Bertz CT molecular complexity index is 791. The second-order valence-electron chi connectivity index (χ2n) is 7.35. The van der Waals surface area contributed by atoms with Crippen LogP contribution in [0.4, 0.5) is 11.4 Å². The fraction of sp³-hybridized carbons (Fsp3) is 0.409. The SMILES string of the molecule is Cc1cc(NC(=O)COc2c(C)cccc2C)ccc1N1CCN(C)CC1. The van der Waals surface area contributed by atoms with Gasteiger partial charge in [0.15, 0.2) is 6.61 Å². The molecule has 1 aliphatic heterocycles. The zero-order valence-electron chi connectivity index (χ0n) is 16.7. The fourth-order valence-electron chi connectivity index (χ4n) is 3.50. The Labute approximate surface area is 161 Å². The molecule has 3 rings (SSSR count). The molecule has 5 nitrogen and oxygen atoms in total. The molecule has 1 fully saturated rings. The Morgan fingerprint density at radius 3 is 2.30 bits per heavy atom. The van der Waals surface area contributed by atoms with Crippen molar-refractivity contribution in [2.45, 2.75) is 20.8 Å². The van der Waals surface area contributed by atoms with E-state index in [1.165, 1.54) is 11.3 Å². The van der Waals surface area contributed by atoms with E-state index in [0.717, 1.165) is 48.7 Å². The minimum absolute atomic E-state index is 0.00491. The normalized spacial score (nSPS) is 14.9. The number of nitrogens with zero attached hydrogens (tertiary/aromatic N) is 2. The molecule has 1 aliphatic rings. The third-order valence-corrected chi connectivity index (χ3v) is 5.08. The van der Waals surface area contributed by atoms with Crippen LogP contribution in [0.5, 0.6) is 5.75 Å². The zero-order valence-corrected chi connectivity index (χ0v) is 16.7. The lowest BCUT2D eigenvalue weighted by Gasteiger charge is -2.35. The zero-order chi connectivity index (χ0) is 19.4. The van der Waals surface area contributed by atoms with E-state index < -0.39 is 0 Å². The molecule has 2 aromatic rings. The van der Waals surface area contributed by atoms with E-state index in [1.54, 1.807) is 0 Å². The molecule has 2 aromatic carbocycles. The van der Waals surface area contributed by atoms with E-state index in [4.69, 9.17) is 4.74 Å². The fourth-order valence-corrected chi connectivity index (χ4v) is 3.50. The van der Waals surface area contributed by atoms with Crippen LogP contribution in [-0.4, -0.2) is 50.6 Å². The summed E-state index contributed by atoms with van der Waals surface area (Å²) in [6.07, 6.45) is 0. The number of nitrogens with one attached hydrogen (secondary N) is 1. The molecule has 1 N–H and O–H groups in total. The van der Waals surface area contributed by atoms with Crippen LogP contribution in [-0.2, 0) is 4.79 Å². The summed E-state index contributed by atoms with van der Waals surface area (Å²) in [6.45, 7) is 10.3. The minimum Gasteiger partial charge on any atom is -0.483 e. The number of carbonyl (C=O) groups is 1. The van der Waals surface area contributed by atoms with E-state index in [-0.39, 0.29) is 12.5 Å². The number of hydrogen-bond donors (Lipinski definition) is 1. The average molecular weight is 367 g/mol. The van der Waals surface area contributed by atoms with Gasteiger partial charge in [-0.3, -0.25) is 4.79 Å². The van der Waals surface area contributed by atoms with Crippen molar-refractivity contribution in [1.82, 2.24) is 4.90 Å². The van der Waals surface area contributed by atoms with Crippen molar-refractivity contribution in [1.29, 1.82) is 0 Å². The summed E-state index contributed by atoms with van der Waals surface area (Å²) >= 11 is 0. The van der Waals surface area contributed by atoms with Gasteiger partial charge in [-0.15, -0.1) is 0 Å². The van der Waals surface area contributed by atoms with Crippen LogP contribution < -0.4 is 15.0 Å². The lowest BCUT2D eigenvalue weighted by atomic mass is 10.1. The Balaban J connectivity index is 1.59. The van der Waals surface area contributed by atoms with Crippen LogP contribution in [0.1, 0.15) is 16.7 Å². The molecular weight excluding hydrogens is 338 g/mol. The molecule has 1 saturated heterocycles. The number of ether oxygens (including phenoxy) is 1. The lowest BCUT2D eigenvalue weighted by molar-refractivity contribution is -0.118. The molecule has 0 aliphatic carbocycles. The van der Waals surface area contributed by atoms with Crippen LogP contribution in [0.15, 0.2) is 36.4 Å². The van der Waals surface area contributed by atoms with E-state index in [0.29, 0.717) is 0 Å². The molecule has 0 unspecified atom stereocenters. The summed E-state index contributed by atoms with van der Waals surface area (Å²) in [5.41, 5.74) is 5.30. The molecule has 0 spiro atoms. The summed E-state index contributed by atoms with van der Waals surface area (Å²) < 4.78 is 5.74. The standard InChI is InChI=1S/C22H29N3O2/c1-16-6-5-7-17(2)22(16)27-15-21(26)23-19-8-9-20(18(3)14-19)25-12-10-24(4)11-13-25/h5-9,14H,10-13,15H2,1-4H3,(H,23,26). The third-order valence-electron chi connectivity index (χ3n) is 5.08. The Morgan fingerprint density at radius 2 is 1.67 bits per heavy atom. The van der Waals surface area contributed by atoms with Gasteiger partial charge < -0.3 is 19.9 Å². The Hall–Kier alpha value is -2.53. The number of anilines is 2. The maximum Gasteiger partial charge on any atom is 0.262 e. The third kappa shape index (κ3) is 4.80. The number of rotatable bonds is 5. The monoisotopic (exact) mass is 367 g/mol. The summed E-state index contributed by atoms with van der Waals surface area (Å²) in [5, 5.41) is 2.94. The van der Waals surface area contributed by atoms with Gasteiger partial charge in [0.25, 0.3) is 5.91 Å². The number of aryl methyl sites for hydroxylation is 3. The first kappa shape index (κ1) is 19.2. The molecule has 1 heterocycles. The van der Waals surface area contributed by atoms with Gasteiger partial charge in [0.2, 0.25) is 0 Å². The minimum atomic E-state index is -0.149. The number of amides is 1. The number of piperazine rings is 1. The maximum atomic E-state index is 12.3. The van der Waals surface area contributed by atoms with Gasteiger partial charge in [0.05, 0.1) is 0 Å². The molecule has 0 radical (unpaired) electrons. The van der Waals surface area contributed by atoms with Crippen molar-refractivity contribution < 1.29 is 9.53 Å². The molecule has 5 heteroatoms. The molecular formula is C22H29N3O2. The highest BCUT2D eigenvalue weighted by Gasteiger charge is 2.16. The highest BCUT2D eigenvalue weighted by Crippen LogP contribution is 2.25. The van der Waals surface area contributed by atoms with Gasteiger partial charge in [-0.25, -0.2) is 0 Å². The summed E-state index contributed by atoms with van der Waals surface area (Å²) in [5.74, 6) is 0.638. The van der Waals surface area contributed by atoms with E-state index in [9.17, 15) is 4.79 Å². The van der Waals surface area contributed by atoms with Crippen LogP contribution >= 0.6 is 0 Å². The van der Waals surface area contributed by atoms with Crippen molar-refractivity contribution in [2.24, 2.45) is 0 Å². The van der Waals surface area contributed by atoms with Crippen LogP contribution in [0.25, 0.3) is 0 Å². The van der Waals surface area contributed by atoms with Gasteiger partial charge in [-0.05, 0) is 62.7 Å². The van der Waals surface area contributed by atoms with Crippen molar-refractivity contribution >= 4 is 17.3 Å². The number of benzene rings is 2. The van der Waals surface area contributed by atoms with Crippen molar-refractivity contribution in [3.63, 3.8) is 0 Å². The second kappa shape index (κ2) is 8.44. The van der Waals surface area contributed by atoms with Crippen LogP contribution in [0.2, 0.25) is 0 Å². The number of para-hydroxylation sites is 1. The smallest absolute Gasteiger partial charge is 0.262 e. The van der Waals surface area contributed by atoms with Gasteiger partial charge in [0, 0.05) is 37.6 Å². The summed E-state index contributed by atoms with van der Waals surface area (Å²) in [7, 11) is 2.16. The number of likely N-dealkylation sites (N-methyl/N-ethyl adjacent to an activating group) is 1. The largest absolute Gasteiger partial charge is 0.483 e. The number of carbonyl (C=O) groups excluding carboxylic acids is 1. The highest BCUT2D eigenvalue weighted by molar-refractivity contribution is 5.92. The Kier molecular flexibility index (Phi) is 6.01. The van der Waals surface area contributed by atoms with Crippen molar-refractivity contribution in [3.8, 4) is 5.75 Å². The highest BCUT2D eigenvalue weighted by atomic mass is 16.5. The molecule has 0 bridgehead atoms. The summed E-state index contributed by atoms with van der Waals surface area (Å²) in [4.78, 5) is 17.0. The van der Waals surface area contributed by atoms with Crippen molar-refractivity contribution in [3.05, 3.63) is 53.1 Å². The van der Waals surface area contributed by atoms with Gasteiger partial charge in [-0.2, -0.15) is 0 Å². The summed E-state index contributed by atoms with van der Waals surface area (Å²) in [6, 6.07) is 12.1. The van der Waals surface area contributed by atoms with Crippen LogP contribution in [0.3, 0.4) is 0 Å². The second-order valence-corrected chi connectivity index (χ2v) is 7.35. The van der Waals surface area contributed by atoms with Crippen LogP contribution in [0, 0.1) is 20.8 Å². The first-order valence-electron chi connectivity index (χ1n) is 9.47. The molecule has 144 valence electrons. The lowest BCUT2D eigenvalue weighted by Crippen LogP contribution is -2.44. The molecule has 0 saturated carbocycles. The predicted octanol–water partition coefficient (Wildman–Crippen LogP) is 3.38. The topological polar surface area (TPSA) is 44.8 Å². The molecule has 0 aromatic heterocycles. The van der Waals surface area contributed by atoms with E-state index in [1.807, 2.05) is 44.2 Å². The Morgan fingerprint density at radius 1 is 1.00 bits per heavy atom. The maximum absolute atomic E-state index is 12.3. The molecule has 1 amide bonds. The number of hydrogen-bond acceptors (Lipinski definition) is 4. The predicted molar refractivity (Wildman–Crippen MR) is 111 cm³/mol. The van der Waals surface area contributed by atoms with Gasteiger partial charge >= 0.3 is 0 Å².